The van der Waals surface area contributed by atoms with Gasteiger partial charge < -0.3 is 24.1 Å². The molecule has 0 spiro atoms. The fraction of sp³-hybridized carbons (Fsp3) is 1.00. The fourth-order valence-electron chi connectivity index (χ4n) is 2.04. The molecule has 0 aromatic rings. The Morgan fingerprint density at radius 2 is 1.71 bits per heavy atom. The quantitative estimate of drug-likeness (QED) is 0.500. The Morgan fingerprint density at radius 3 is 2.12 bits per heavy atom. The zero-order chi connectivity index (χ0) is 18.9. The lowest BCUT2D eigenvalue weighted by Gasteiger charge is -2.43. The van der Waals surface area contributed by atoms with Crippen LogP contribution in [0.2, 0.25) is 18.1 Å². The van der Waals surface area contributed by atoms with Gasteiger partial charge in [-0.1, -0.05) is 20.8 Å². The second-order valence-electron chi connectivity index (χ2n) is 7.60. The van der Waals surface area contributed by atoms with E-state index in [-0.39, 0.29) is 11.6 Å². The van der Waals surface area contributed by atoms with Crippen LogP contribution in [-0.2, 0) is 28.2 Å². The molecule has 0 saturated carbocycles. The Hall–Kier alpha value is -0.0731. The van der Waals surface area contributed by atoms with Gasteiger partial charge in [-0.25, -0.2) is 0 Å². The van der Waals surface area contributed by atoms with Crippen molar-refractivity contribution in [2.45, 2.75) is 69.6 Å². The number of hydrogen-bond donors (Lipinski definition) is 2. The lowest BCUT2D eigenvalue weighted by Crippen LogP contribution is -2.61. The van der Waals surface area contributed by atoms with Crippen molar-refractivity contribution in [1.82, 2.24) is 0 Å². The Balaban J connectivity index is 2.84. The number of ether oxygens (including phenoxy) is 2. The molecule has 1 aliphatic heterocycles. The van der Waals surface area contributed by atoms with Gasteiger partial charge in [0.15, 0.2) is 20.7 Å². The minimum Gasteiger partial charge on any atom is -0.414 e. The van der Waals surface area contributed by atoms with E-state index in [9.17, 15) is 18.6 Å². The lowest BCUT2D eigenvalue weighted by molar-refractivity contribution is -0.287. The van der Waals surface area contributed by atoms with E-state index in [0.717, 1.165) is 6.26 Å². The van der Waals surface area contributed by atoms with Crippen LogP contribution in [-0.4, -0.2) is 77.6 Å². The molecule has 2 N–H and O–H groups in total. The Labute approximate surface area is 145 Å². The van der Waals surface area contributed by atoms with Crippen LogP contribution in [0.1, 0.15) is 20.8 Å². The summed E-state index contributed by atoms with van der Waals surface area (Å²) in [6.45, 7) is 10.4. The molecule has 1 saturated heterocycles. The van der Waals surface area contributed by atoms with E-state index < -0.39 is 49.1 Å². The van der Waals surface area contributed by atoms with Gasteiger partial charge in [-0.05, 0) is 18.1 Å². The number of aliphatic hydroxyl groups excluding tert-OH is 2. The molecule has 0 amide bonds. The molecule has 1 heterocycles. The summed E-state index contributed by atoms with van der Waals surface area (Å²) in [6, 6.07) is 0. The first-order chi connectivity index (χ1) is 10.7. The molecule has 0 aromatic carbocycles. The zero-order valence-corrected chi connectivity index (χ0v) is 17.2. The van der Waals surface area contributed by atoms with Gasteiger partial charge in [0.1, 0.15) is 18.3 Å². The minimum atomic E-state index is -3.85. The van der Waals surface area contributed by atoms with E-state index in [0.29, 0.717) is 0 Å². The van der Waals surface area contributed by atoms with Crippen molar-refractivity contribution >= 4 is 18.4 Å². The van der Waals surface area contributed by atoms with Crippen molar-refractivity contribution in [1.29, 1.82) is 0 Å². The Bertz CT molecular complexity index is 513. The molecule has 0 aliphatic carbocycles. The smallest absolute Gasteiger partial charge is 0.264 e. The van der Waals surface area contributed by atoms with Gasteiger partial charge in [0.05, 0.1) is 12.9 Å². The Morgan fingerprint density at radius 1 is 1.17 bits per heavy atom. The third kappa shape index (κ3) is 5.46. The van der Waals surface area contributed by atoms with Crippen LogP contribution < -0.4 is 0 Å². The third-order valence-corrected chi connectivity index (χ3v) is 9.65. The maximum Gasteiger partial charge on any atom is 0.264 e. The molecular formula is C14H30O8SSi. The summed E-state index contributed by atoms with van der Waals surface area (Å²) < 4.78 is 44.1. The standard InChI is InChI=1S/C14H30O8SSi/c1-14(2,3)24(6,7)20-8-9-10(15)11(16)12(13(19-4)21-9)22-23(5,17)18/h9-13,15-16H,8H2,1-7H3/t9-,10+,11+,12-,13+/m1/s1. The molecule has 10 heteroatoms. The van der Waals surface area contributed by atoms with Gasteiger partial charge in [-0.2, -0.15) is 8.42 Å². The number of rotatable bonds is 6. The van der Waals surface area contributed by atoms with Crippen molar-refractivity contribution in [2.75, 3.05) is 20.0 Å². The number of hydrogen-bond acceptors (Lipinski definition) is 8. The number of methoxy groups -OCH3 is 1. The molecule has 1 aliphatic rings. The first-order valence-corrected chi connectivity index (χ1v) is 12.5. The lowest BCUT2D eigenvalue weighted by atomic mass is 9.99. The van der Waals surface area contributed by atoms with E-state index in [1.165, 1.54) is 7.11 Å². The van der Waals surface area contributed by atoms with E-state index >= 15 is 0 Å². The molecule has 8 nitrogen and oxygen atoms in total. The minimum absolute atomic E-state index is 0.0200. The predicted molar refractivity (Wildman–Crippen MR) is 90.5 cm³/mol. The SMILES string of the molecule is CO[C@H]1O[C@H](CO[Si](C)(C)C(C)(C)C)[C@H](O)[C@H](O)[C@H]1OS(C)(=O)=O. The average molecular weight is 387 g/mol. The van der Waals surface area contributed by atoms with Gasteiger partial charge in [-0.15, -0.1) is 0 Å². The highest BCUT2D eigenvalue weighted by Gasteiger charge is 2.48. The molecule has 0 radical (unpaired) electrons. The first kappa shape index (κ1) is 22.0. The fourth-order valence-corrected chi connectivity index (χ4v) is 3.67. The van der Waals surface area contributed by atoms with Crippen molar-refractivity contribution in [2.24, 2.45) is 0 Å². The van der Waals surface area contributed by atoms with Crippen molar-refractivity contribution in [3.8, 4) is 0 Å². The molecule has 24 heavy (non-hydrogen) atoms. The summed E-state index contributed by atoms with van der Waals surface area (Å²) >= 11 is 0. The monoisotopic (exact) mass is 386 g/mol. The molecule has 5 atom stereocenters. The van der Waals surface area contributed by atoms with Crippen LogP contribution in [0.5, 0.6) is 0 Å². The van der Waals surface area contributed by atoms with Crippen LogP contribution in [0.4, 0.5) is 0 Å². The van der Waals surface area contributed by atoms with E-state index in [2.05, 4.69) is 33.9 Å². The second-order valence-corrected chi connectivity index (χ2v) is 14.0. The Kier molecular flexibility index (Phi) is 7.01. The summed E-state index contributed by atoms with van der Waals surface area (Å²) in [5.41, 5.74) is 0. The normalized spacial score (nSPS) is 32.8. The van der Waals surface area contributed by atoms with Crippen LogP contribution in [0.3, 0.4) is 0 Å². The average Bonchev–Trinajstić information content (AvgIpc) is 2.40. The summed E-state index contributed by atoms with van der Waals surface area (Å²) in [4.78, 5) is 0. The summed E-state index contributed by atoms with van der Waals surface area (Å²) in [5.74, 6) is 0. The first-order valence-electron chi connectivity index (χ1n) is 7.76. The topological polar surface area (TPSA) is 112 Å². The van der Waals surface area contributed by atoms with Crippen LogP contribution >= 0.6 is 0 Å². The van der Waals surface area contributed by atoms with Gasteiger partial charge in [0, 0.05) is 7.11 Å². The maximum atomic E-state index is 11.3. The molecule has 1 rings (SSSR count). The third-order valence-electron chi connectivity index (χ3n) is 4.58. The van der Waals surface area contributed by atoms with E-state index in [4.69, 9.17) is 18.1 Å². The predicted octanol–water partition coefficient (Wildman–Crippen LogP) is 0.446. The molecule has 1 fully saturated rings. The zero-order valence-electron chi connectivity index (χ0n) is 15.3. The van der Waals surface area contributed by atoms with Crippen molar-refractivity contribution < 1.29 is 36.7 Å². The molecule has 0 unspecified atom stereocenters. The second kappa shape index (κ2) is 7.66. The highest BCUT2D eigenvalue weighted by Crippen LogP contribution is 2.37. The van der Waals surface area contributed by atoms with Crippen LogP contribution in [0.25, 0.3) is 0 Å². The van der Waals surface area contributed by atoms with Crippen LogP contribution in [0, 0.1) is 0 Å². The highest BCUT2D eigenvalue weighted by atomic mass is 32.2. The molecule has 0 aromatic heterocycles. The molecule has 0 bridgehead atoms. The van der Waals surface area contributed by atoms with Gasteiger partial charge in [0.25, 0.3) is 10.1 Å². The van der Waals surface area contributed by atoms with Gasteiger partial charge in [0.2, 0.25) is 0 Å². The van der Waals surface area contributed by atoms with Gasteiger partial charge in [-0.3, -0.25) is 4.18 Å². The molecule has 144 valence electrons. The maximum absolute atomic E-state index is 11.3. The number of aliphatic hydroxyl groups is 2. The van der Waals surface area contributed by atoms with Crippen LogP contribution in [0.15, 0.2) is 0 Å². The summed E-state index contributed by atoms with van der Waals surface area (Å²) in [5, 5.41) is 20.4. The van der Waals surface area contributed by atoms with Crippen molar-refractivity contribution in [3.05, 3.63) is 0 Å². The van der Waals surface area contributed by atoms with Crippen molar-refractivity contribution in [3.63, 3.8) is 0 Å². The summed E-state index contributed by atoms with van der Waals surface area (Å²) in [7, 11) is -4.61. The largest absolute Gasteiger partial charge is 0.414 e. The van der Waals surface area contributed by atoms with Gasteiger partial charge >= 0.3 is 0 Å². The van der Waals surface area contributed by atoms with E-state index in [1.807, 2.05) is 0 Å². The summed E-state index contributed by atoms with van der Waals surface area (Å²) in [6.07, 6.45) is -5.31. The highest BCUT2D eigenvalue weighted by molar-refractivity contribution is 7.86. The van der Waals surface area contributed by atoms with E-state index in [1.54, 1.807) is 0 Å². The molecular weight excluding hydrogens is 356 g/mol.